The number of nitrogens with zero attached hydrogens (tertiary/aromatic N) is 1. The highest BCUT2D eigenvalue weighted by Crippen LogP contribution is 2.35. The third-order valence-corrected chi connectivity index (χ3v) is 5.74. The van der Waals surface area contributed by atoms with Crippen LogP contribution in [0.1, 0.15) is 43.0 Å². The molecule has 0 heterocycles. The number of rotatable bonds is 10. The molecular weight excluding hydrogens is 408 g/mol. The SMILES string of the molecule is CCOC(=O)[C@H](Cc1ccccc1)N[C@@H](C)C(=O)N(CC(=O)O)C1CCc2ccccc21. The normalized spacial score (nSPS) is 16.6. The van der Waals surface area contributed by atoms with Crippen LogP contribution in [0.5, 0.6) is 0 Å². The first kappa shape index (κ1) is 23.5. The van der Waals surface area contributed by atoms with Crippen molar-refractivity contribution in [3.8, 4) is 0 Å². The van der Waals surface area contributed by atoms with E-state index in [9.17, 15) is 19.5 Å². The van der Waals surface area contributed by atoms with Crippen LogP contribution in [0.25, 0.3) is 0 Å². The Morgan fingerprint density at radius 1 is 1.12 bits per heavy atom. The standard InChI is InChI=1S/C25H30N2O5/c1-3-32-25(31)21(15-18-9-5-4-6-10-18)26-17(2)24(30)27(16-23(28)29)22-14-13-19-11-7-8-12-20(19)22/h4-12,17,21-22,26H,3,13-16H2,1-2H3,(H,28,29)/t17-,21-,22?/m0/s1. The van der Waals surface area contributed by atoms with Gasteiger partial charge in [0.25, 0.3) is 0 Å². The molecule has 0 spiro atoms. The average molecular weight is 439 g/mol. The van der Waals surface area contributed by atoms with Crippen LogP contribution in [-0.2, 0) is 32.0 Å². The van der Waals surface area contributed by atoms with Crippen molar-refractivity contribution in [2.24, 2.45) is 0 Å². The van der Waals surface area contributed by atoms with Crippen LogP contribution in [-0.4, -0.2) is 53.1 Å². The first-order chi connectivity index (χ1) is 15.4. The van der Waals surface area contributed by atoms with Gasteiger partial charge in [0, 0.05) is 0 Å². The van der Waals surface area contributed by atoms with Gasteiger partial charge >= 0.3 is 11.9 Å². The molecule has 0 saturated heterocycles. The fraction of sp³-hybridized carbons (Fsp3) is 0.400. The number of amides is 1. The fourth-order valence-electron chi connectivity index (χ4n) is 4.27. The fourth-order valence-corrected chi connectivity index (χ4v) is 4.27. The predicted octanol–water partition coefficient (Wildman–Crippen LogP) is 2.74. The van der Waals surface area contributed by atoms with E-state index in [1.165, 1.54) is 4.90 Å². The summed E-state index contributed by atoms with van der Waals surface area (Å²) in [6.07, 6.45) is 1.84. The average Bonchev–Trinajstić information content (AvgIpc) is 3.21. The lowest BCUT2D eigenvalue weighted by Gasteiger charge is -2.32. The number of hydrogen-bond acceptors (Lipinski definition) is 5. The Labute approximate surface area is 188 Å². The summed E-state index contributed by atoms with van der Waals surface area (Å²) in [5.41, 5.74) is 3.06. The highest BCUT2D eigenvalue weighted by Gasteiger charge is 2.35. The number of carbonyl (C=O) groups is 3. The number of fused-ring (bicyclic) bond motifs is 1. The Morgan fingerprint density at radius 3 is 2.50 bits per heavy atom. The molecule has 170 valence electrons. The smallest absolute Gasteiger partial charge is 0.323 e. The van der Waals surface area contributed by atoms with Crippen molar-refractivity contribution in [1.82, 2.24) is 10.2 Å². The number of carboxylic acids is 1. The monoisotopic (exact) mass is 438 g/mol. The van der Waals surface area contributed by atoms with Crippen LogP contribution in [0, 0.1) is 0 Å². The largest absolute Gasteiger partial charge is 0.480 e. The maximum atomic E-state index is 13.4. The number of hydrogen-bond donors (Lipinski definition) is 2. The van der Waals surface area contributed by atoms with E-state index < -0.39 is 30.6 Å². The van der Waals surface area contributed by atoms with E-state index in [1.807, 2.05) is 54.6 Å². The minimum absolute atomic E-state index is 0.234. The lowest BCUT2D eigenvalue weighted by molar-refractivity contribution is -0.149. The maximum absolute atomic E-state index is 13.4. The van der Waals surface area contributed by atoms with Gasteiger partial charge in [-0.2, -0.15) is 0 Å². The summed E-state index contributed by atoms with van der Waals surface area (Å²) in [5.74, 6) is -1.86. The van der Waals surface area contributed by atoms with Gasteiger partial charge in [-0.3, -0.25) is 19.7 Å². The summed E-state index contributed by atoms with van der Waals surface area (Å²) in [5, 5.41) is 12.6. The molecule has 2 aromatic rings. The van der Waals surface area contributed by atoms with Crippen molar-refractivity contribution in [3.63, 3.8) is 0 Å². The first-order valence-electron chi connectivity index (χ1n) is 11.0. The molecule has 0 saturated carbocycles. The van der Waals surface area contributed by atoms with E-state index in [0.717, 1.165) is 23.1 Å². The van der Waals surface area contributed by atoms with Crippen molar-refractivity contribution in [1.29, 1.82) is 0 Å². The zero-order valence-corrected chi connectivity index (χ0v) is 18.5. The number of carboxylic acid groups (broad SMARTS) is 1. The summed E-state index contributed by atoms with van der Waals surface area (Å²) in [6, 6.07) is 15.5. The molecule has 3 rings (SSSR count). The second-order valence-corrected chi connectivity index (χ2v) is 8.00. The van der Waals surface area contributed by atoms with E-state index in [-0.39, 0.29) is 18.6 Å². The van der Waals surface area contributed by atoms with Crippen LogP contribution < -0.4 is 5.32 Å². The first-order valence-corrected chi connectivity index (χ1v) is 11.0. The van der Waals surface area contributed by atoms with E-state index in [2.05, 4.69) is 5.32 Å². The van der Waals surface area contributed by atoms with Gasteiger partial charge < -0.3 is 14.7 Å². The number of esters is 1. The number of carbonyl (C=O) groups excluding carboxylic acids is 2. The van der Waals surface area contributed by atoms with Gasteiger partial charge in [0.05, 0.1) is 18.7 Å². The molecule has 32 heavy (non-hydrogen) atoms. The molecule has 1 aliphatic carbocycles. The molecule has 0 aliphatic heterocycles. The lowest BCUT2D eigenvalue weighted by atomic mass is 10.0. The molecule has 3 atom stereocenters. The summed E-state index contributed by atoms with van der Waals surface area (Å²) >= 11 is 0. The number of aryl methyl sites for hydroxylation is 1. The van der Waals surface area contributed by atoms with Crippen LogP contribution in [0.2, 0.25) is 0 Å². The molecule has 2 N–H and O–H groups in total. The maximum Gasteiger partial charge on any atom is 0.323 e. The van der Waals surface area contributed by atoms with Gasteiger partial charge in [-0.05, 0) is 49.8 Å². The third-order valence-electron chi connectivity index (χ3n) is 5.74. The zero-order chi connectivity index (χ0) is 23.1. The van der Waals surface area contributed by atoms with E-state index in [4.69, 9.17) is 4.74 Å². The second kappa shape index (κ2) is 10.9. The lowest BCUT2D eigenvalue weighted by Crippen LogP contribution is -2.53. The highest BCUT2D eigenvalue weighted by atomic mass is 16.5. The van der Waals surface area contributed by atoms with Gasteiger partial charge in [0.1, 0.15) is 12.6 Å². The summed E-state index contributed by atoms with van der Waals surface area (Å²) < 4.78 is 5.21. The predicted molar refractivity (Wildman–Crippen MR) is 120 cm³/mol. The molecule has 7 nitrogen and oxygen atoms in total. The summed E-state index contributed by atoms with van der Waals surface area (Å²) in [4.78, 5) is 38.9. The molecular formula is C25H30N2O5. The van der Waals surface area contributed by atoms with Crippen molar-refractivity contribution >= 4 is 17.8 Å². The third kappa shape index (κ3) is 5.73. The Hall–Kier alpha value is -3.19. The van der Waals surface area contributed by atoms with Crippen molar-refractivity contribution in [2.75, 3.05) is 13.2 Å². The molecule has 0 radical (unpaired) electrons. The Bertz CT molecular complexity index is 946. The van der Waals surface area contributed by atoms with Gasteiger partial charge in [-0.1, -0.05) is 54.6 Å². The Kier molecular flexibility index (Phi) is 8.00. The number of benzene rings is 2. The molecule has 1 aliphatic rings. The number of ether oxygens (including phenoxy) is 1. The molecule has 7 heteroatoms. The molecule has 0 bridgehead atoms. The van der Waals surface area contributed by atoms with Crippen LogP contribution in [0.3, 0.4) is 0 Å². The summed E-state index contributed by atoms with van der Waals surface area (Å²) in [7, 11) is 0. The number of nitrogens with one attached hydrogen (secondary N) is 1. The molecule has 0 aromatic heterocycles. The molecule has 2 aromatic carbocycles. The second-order valence-electron chi connectivity index (χ2n) is 8.00. The Balaban J connectivity index is 1.78. The van der Waals surface area contributed by atoms with Crippen molar-refractivity contribution in [3.05, 3.63) is 71.3 Å². The van der Waals surface area contributed by atoms with Crippen LogP contribution in [0.15, 0.2) is 54.6 Å². The minimum atomic E-state index is -1.07. The van der Waals surface area contributed by atoms with E-state index in [0.29, 0.717) is 12.8 Å². The van der Waals surface area contributed by atoms with Gasteiger partial charge in [-0.15, -0.1) is 0 Å². The van der Waals surface area contributed by atoms with Gasteiger partial charge in [0.2, 0.25) is 5.91 Å². The van der Waals surface area contributed by atoms with Crippen LogP contribution >= 0.6 is 0 Å². The molecule has 1 amide bonds. The topological polar surface area (TPSA) is 95.9 Å². The zero-order valence-electron chi connectivity index (χ0n) is 18.5. The van der Waals surface area contributed by atoms with Crippen LogP contribution in [0.4, 0.5) is 0 Å². The van der Waals surface area contributed by atoms with E-state index in [1.54, 1.807) is 13.8 Å². The quantitative estimate of drug-likeness (QED) is 0.554. The molecule has 0 fully saturated rings. The summed E-state index contributed by atoms with van der Waals surface area (Å²) in [6.45, 7) is 3.23. The van der Waals surface area contributed by atoms with Crippen molar-refractivity contribution in [2.45, 2.75) is 51.2 Å². The molecule has 1 unspecified atom stereocenters. The Morgan fingerprint density at radius 2 is 1.81 bits per heavy atom. The van der Waals surface area contributed by atoms with E-state index >= 15 is 0 Å². The van der Waals surface area contributed by atoms with Crippen molar-refractivity contribution < 1.29 is 24.2 Å². The van der Waals surface area contributed by atoms with Gasteiger partial charge in [-0.25, -0.2) is 0 Å². The minimum Gasteiger partial charge on any atom is -0.480 e. The highest BCUT2D eigenvalue weighted by molar-refractivity contribution is 5.86. The van der Waals surface area contributed by atoms with Gasteiger partial charge in [0.15, 0.2) is 0 Å². The number of aliphatic carboxylic acids is 1.